The molecule has 1 rings (SSSR count). The van der Waals surface area contributed by atoms with Crippen molar-refractivity contribution >= 4 is 17.2 Å². The van der Waals surface area contributed by atoms with Crippen LogP contribution in [0.4, 0.5) is 0 Å². The van der Waals surface area contributed by atoms with Gasteiger partial charge in [0, 0.05) is 18.5 Å². The summed E-state index contributed by atoms with van der Waals surface area (Å²) in [7, 11) is 1.62. The van der Waals surface area contributed by atoms with Crippen LogP contribution in [0.3, 0.4) is 0 Å². The summed E-state index contributed by atoms with van der Waals surface area (Å²) in [5.74, 6) is -0.000139. The van der Waals surface area contributed by atoms with Crippen molar-refractivity contribution in [3.63, 3.8) is 0 Å². The third kappa shape index (κ3) is 3.32. The SMILES string of the molecule is CCc1cc(C(=O)NCCOC)sc1C. The number of thiophene rings is 1. The molecule has 0 atom stereocenters. The monoisotopic (exact) mass is 227 g/mol. The fourth-order valence-electron chi connectivity index (χ4n) is 1.34. The number of methoxy groups -OCH3 is 1. The molecule has 0 radical (unpaired) electrons. The zero-order valence-electron chi connectivity index (χ0n) is 9.42. The summed E-state index contributed by atoms with van der Waals surface area (Å²) in [6, 6.07) is 1.97. The molecule has 0 saturated heterocycles. The molecule has 0 fully saturated rings. The Morgan fingerprint density at radius 2 is 2.33 bits per heavy atom. The van der Waals surface area contributed by atoms with Crippen LogP contribution in [0.2, 0.25) is 0 Å². The van der Waals surface area contributed by atoms with E-state index >= 15 is 0 Å². The summed E-state index contributed by atoms with van der Waals surface area (Å²) in [5, 5.41) is 2.81. The number of nitrogens with one attached hydrogen (secondary N) is 1. The Hall–Kier alpha value is -0.870. The number of amides is 1. The minimum absolute atomic E-state index is 0.000139. The van der Waals surface area contributed by atoms with Crippen molar-refractivity contribution < 1.29 is 9.53 Å². The number of hydrogen-bond donors (Lipinski definition) is 1. The molecular formula is C11H17NO2S. The molecule has 0 bridgehead atoms. The Balaban J connectivity index is 2.58. The molecule has 0 aliphatic rings. The van der Waals surface area contributed by atoms with Crippen molar-refractivity contribution in [1.29, 1.82) is 0 Å². The quantitative estimate of drug-likeness (QED) is 0.781. The van der Waals surface area contributed by atoms with E-state index in [0.29, 0.717) is 13.2 Å². The van der Waals surface area contributed by atoms with Gasteiger partial charge in [-0.05, 0) is 25.0 Å². The zero-order valence-corrected chi connectivity index (χ0v) is 10.2. The number of hydrogen-bond acceptors (Lipinski definition) is 3. The molecule has 84 valence electrons. The van der Waals surface area contributed by atoms with Gasteiger partial charge >= 0.3 is 0 Å². The van der Waals surface area contributed by atoms with Crippen LogP contribution in [0.1, 0.15) is 27.0 Å². The molecule has 1 N–H and O–H groups in total. The minimum atomic E-state index is -0.000139. The molecule has 3 nitrogen and oxygen atoms in total. The lowest BCUT2D eigenvalue weighted by Crippen LogP contribution is -2.26. The maximum atomic E-state index is 11.6. The zero-order chi connectivity index (χ0) is 11.3. The second-order valence-corrected chi connectivity index (χ2v) is 4.55. The van der Waals surface area contributed by atoms with Gasteiger partial charge in [-0.15, -0.1) is 11.3 Å². The van der Waals surface area contributed by atoms with Crippen LogP contribution in [-0.2, 0) is 11.2 Å². The van der Waals surface area contributed by atoms with Crippen LogP contribution in [-0.4, -0.2) is 26.2 Å². The van der Waals surface area contributed by atoms with Crippen molar-refractivity contribution in [1.82, 2.24) is 5.32 Å². The number of ether oxygens (including phenoxy) is 1. The lowest BCUT2D eigenvalue weighted by Gasteiger charge is -2.01. The van der Waals surface area contributed by atoms with Crippen molar-refractivity contribution in [3.8, 4) is 0 Å². The van der Waals surface area contributed by atoms with Gasteiger partial charge in [0.15, 0.2) is 0 Å². The largest absolute Gasteiger partial charge is 0.383 e. The Kier molecular flexibility index (Phi) is 4.78. The minimum Gasteiger partial charge on any atom is -0.383 e. The lowest BCUT2D eigenvalue weighted by molar-refractivity contribution is 0.0941. The highest BCUT2D eigenvalue weighted by Gasteiger charge is 2.10. The van der Waals surface area contributed by atoms with Gasteiger partial charge < -0.3 is 10.1 Å². The van der Waals surface area contributed by atoms with Gasteiger partial charge in [0.25, 0.3) is 5.91 Å². The van der Waals surface area contributed by atoms with Crippen LogP contribution in [0.5, 0.6) is 0 Å². The average Bonchev–Trinajstić information content (AvgIpc) is 2.60. The first-order chi connectivity index (χ1) is 7.19. The van der Waals surface area contributed by atoms with E-state index in [1.807, 2.05) is 6.07 Å². The normalized spacial score (nSPS) is 10.3. The van der Waals surface area contributed by atoms with Gasteiger partial charge in [-0.1, -0.05) is 6.92 Å². The van der Waals surface area contributed by atoms with Gasteiger partial charge in [-0.2, -0.15) is 0 Å². The smallest absolute Gasteiger partial charge is 0.261 e. The lowest BCUT2D eigenvalue weighted by atomic mass is 10.2. The van der Waals surface area contributed by atoms with Crippen molar-refractivity contribution in [2.24, 2.45) is 0 Å². The van der Waals surface area contributed by atoms with Gasteiger partial charge in [-0.3, -0.25) is 4.79 Å². The van der Waals surface area contributed by atoms with E-state index in [1.165, 1.54) is 10.4 Å². The van der Waals surface area contributed by atoms with E-state index in [1.54, 1.807) is 18.4 Å². The van der Waals surface area contributed by atoms with E-state index in [2.05, 4.69) is 19.2 Å². The van der Waals surface area contributed by atoms with E-state index in [4.69, 9.17) is 4.74 Å². The fourth-order valence-corrected chi connectivity index (χ4v) is 2.37. The van der Waals surface area contributed by atoms with Crippen LogP contribution in [0.15, 0.2) is 6.07 Å². The van der Waals surface area contributed by atoms with Crippen LogP contribution in [0, 0.1) is 6.92 Å². The molecular weight excluding hydrogens is 210 g/mol. The van der Waals surface area contributed by atoms with E-state index < -0.39 is 0 Å². The van der Waals surface area contributed by atoms with Crippen molar-refractivity contribution in [3.05, 3.63) is 21.4 Å². The molecule has 1 aromatic rings. The molecule has 15 heavy (non-hydrogen) atoms. The molecule has 1 aromatic heterocycles. The van der Waals surface area contributed by atoms with Crippen molar-refractivity contribution in [2.75, 3.05) is 20.3 Å². The second-order valence-electron chi connectivity index (χ2n) is 3.29. The first-order valence-corrected chi connectivity index (χ1v) is 5.87. The summed E-state index contributed by atoms with van der Waals surface area (Å²) >= 11 is 1.55. The van der Waals surface area contributed by atoms with E-state index in [-0.39, 0.29) is 5.91 Å². The van der Waals surface area contributed by atoms with E-state index in [0.717, 1.165) is 11.3 Å². The Morgan fingerprint density at radius 1 is 1.60 bits per heavy atom. The first kappa shape index (κ1) is 12.2. The Bertz CT molecular complexity index is 333. The predicted octanol–water partition coefficient (Wildman–Crippen LogP) is 2.00. The molecule has 0 saturated carbocycles. The van der Waals surface area contributed by atoms with Crippen molar-refractivity contribution in [2.45, 2.75) is 20.3 Å². The predicted molar refractivity (Wildman–Crippen MR) is 62.6 cm³/mol. The topological polar surface area (TPSA) is 38.3 Å². The maximum Gasteiger partial charge on any atom is 0.261 e. The summed E-state index contributed by atoms with van der Waals surface area (Å²) in [5.41, 5.74) is 1.26. The first-order valence-electron chi connectivity index (χ1n) is 5.05. The van der Waals surface area contributed by atoms with Gasteiger partial charge in [-0.25, -0.2) is 0 Å². The molecule has 4 heteroatoms. The molecule has 0 spiro atoms. The Labute approximate surface area is 94.5 Å². The highest BCUT2D eigenvalue weighted by atomic mass is 32.1. The molecule has 0 unspecified atom stereocenters. The Morgan fingerprint density at radius 3 is 2.87 bits per heavy atom. The number of carbonyl (C=O) groups is 1. The molecule has 0 aromatic carbocycles. The van der Waals surface area contributed by atoms with Gasteiger partial charge in [0.2, 0.25) is 0 Å². The van der Waals surface area contributed by atoms with Gasteiger partial charge in [0.1, 0.15) is 0 Å². The van der Waals surface area contributed by atoms with Crippen LogP contribution >= 0.6 is 11.3 Å². The fraction of sp³-hybridized carbons (Fsp3) is 0.545. The highest BCUT2D eigenvalue weighted by molar-refractivity contribution is 7.14. The second kappa shape index (κ2) is 5.88. The number of carbonyl (C=O) groups excluding carboxylic acids is 1. The number of aryl methyl sites for hydroxylation is 2. The standard InChI is InChI=1S/C11H17NO2S/c1-4-9-7-10(15-8(9)2)11(13)12-5-6-14-3/h7H,4-6H2,1-3H3,(H,12,13). The summed E-state index contributed by atoms with van der Waals surface area (Å²) in [6.45, 7) is 5.27. The summed E-state index contributed by atoms with van der Waals surface area (Å²) in [4.78, 5) is 13.7. The molecule has 0 aliphatic carbocycles. The van der Waals surface area contributed by atoms with Crippen LogP contribution < -0.4 is 5.32 Å². The van der Waals surface area contributed by atoms with E-state index in [9.17, 15) is 4.79 Å². The average molecular weight is 227 g/mol. The maximum absolute atomic E-state index is 11.6. The third-order valence-electron chi connectivity index (χ3n) is 2.22. The summed E-state index contributed by atoms with van der Waals surface area (Å²) in [6.07, 6.45) is 0.980. The molecule has 1 amide bonds. The molecule has 0 aliphatic heterocycles. The highest BCUT2D eigenvalue weighted by Crippen LogP contribution is 2.21. The molecule has 1 heterocycles. The van der Waals surface area contributed by atoms with Crippen LogP contribution in [0.25, 0.3) is 0 Å². The number of rotatable bonds is 5. The van der Waals surface area contributed by atoms with Gasteiger partial charge in [0.05, 0.1) is 11.5 Å². The third-order valence-corrected chi connectivity index (χ3v) is 3.31. The summed E-state index contributed by atoms with van der Waals surface area (Å²) < 4.78 is 4.87.